The Morgan fingerprint density at radius 1 is 0.926 bits per heavy atom. The molecule has 3 rings (SSSR count). The highest BCUT2D eigenvalue weighted by Gasteiger charge is 2.07. The number of hydrogen-bond acceptors (Lipinski definition) is 3. The fourth-order valence-electron chi connectivity index (χ4n) is 2.29. The molecule has 136 valence electrons. The van der Waals surface area contributed by atoms with Crippen LogP contribution in [-0.2, 0) is 6.61 Å². The molecule has 0 aliphatic carbocycles. The molecule has 0 radical (unpaired) electrons. The first-order valence-corrected chi connectivity index (χ1v) is 8.17. The number of carbonyl (C=O) groups is 1. The molecule has 1 N–H and O–H groups in total. The monoisotopic (exact) mass is 366 g/mol. The average Bonchev–Trinajstić information content (AvgIpc) is 2.70. The Labute approximate surface area is 155 Å². The third kappa shape index (κ3) is 4.98. The second kappa shape index (κ2) is 8.71. The molecule has 0 saturated heterocycles. The van der Waals surface area contributed by atoms with E-state index in [1.54, 1.807) is 24.3 Å². The number of rotatable bonds is 6. The summed E-state index contributed by atoms with van der Waals surface area (Å²) in [6.07, 6.45) is 0.935. The van der Waals surface area contributed by atoms with E-state index in [1.807, 2.05) is 30.3 Å². The Kier molecular flexibility index (Phi) is 5.89. The summed E-state index contributed by atoms with van der Waals surface area (Å²) in [5.41, 5.74) is 3.19. The summed E-state index contributed by atoms with van der Waals surface area (Å²) in [6.45, 7) is 0.372. The molecular weight excluding hydrogens is 350 g/mol. The lowest BCUT2D eigenvalue weighted by atomic mass is 10.1. The molecule has 0 aliphatic rings. The van der Waals surface area contributed by atoms with Crippen molar-refractivity contribution >= 4 is 12.1 Å². The number of hydrogen-bond donors (Lipinski definition) is 1. The summed E-state index contributed by atoms with van der Waals surface area (Å²) in [4.78, 5) is 12.1. The number of benzene rings is 3. The van der Waals surface area contributed by atoms with Gasteiger partial charge in [-0.3, -0.25) is 4.79 Å². The van der Waals surface area contributed by atoms with Gasteiger partial charge in [-0.2, -0.15) is 5.10 Å². The Balaban J connectivity index is 1.56. The van der Waals surface area contributed by atoms with Crippen LogP contribution in [0.4, 0.5) is 8.78 Å². The minimum atomic E-state index is -0.754. The molecule has 0 spiro atoms. The van der Waals surface area contributed by atoms with Crippen molar-refractivity contribution < 1.29 is 18.3 Å². The first-order valence-electron chi connectivity index (χ1n) is 8.17. The van der Waals surface area contributed by atoms with Crippen LogP contribution in [0.15, 0.2) is 77.9 Å². The molecule has 0 bridgehead atoms. The third-order valence-corrected chi connectivity index (χ3v) is 3.72. The van der Waals surface area contributed by atoms with Crippen molar-refractivity contribution in [3.8, 4) is 5.75 Å². The van der Waals surface area contributed by atoms with Gasteiger partial charge in [-0.25, -0.2) is 14.2 Å². The van der Waals surface area contributed by atoms with Gasteiger partial charge in [0.05, 0.1) is 11.8 Å². The third-order valence-electron chi connectivity index (χ3n) is 3.72. The molecule has 0 heterocycles. The summed E-state index contributed by atoms with van der Waals surface area (Å²) >= 11 is 0. The highest BCUT2D eigenvalue weighted by atomic mass is 19.1. The van der Waals surface area contributed by atoms with Crippen molar-refractivity contribution in [1.29, 1.82) is 0 Å². The first-order chi connectivity index (χ1) is 13.1. The number of para-hydroxylation sites is 1. The molecule has 0 fully saturated rings. The maximum atomic E-state index is 13.5. The lowest BCUT2D eigenvalue weighted by Gasteiger charge is -2.06. The summed E-state index contributed by atoms with van der Waals surface area (Å²) < 4.78 is 32.6. The summed E-state index contributed by atoms with van der Waals surface area (Å²) in [5.74, 6) is -1.24. The van der Waals surface area contributed by atoms with Crippen LogP contribution in [0.5, 0.6) is 5.75 Å². The largest absolute Gasteiger partial charge is 0.489 e. The fourth-order valence-corrected chi connectivity index (χ4v) is 2.29. The van der Waals surface area contributed by atoms with Crippen LogP contribution >= 0.6 is 0 Å². The summed E-state index contributed by atoms with van der Waals surface area (Å²) in [5, 5.41) is 3.61. The molecular formula is C21H16F2N2O2. The van der Waals surface area contributed by atoms with E-state index in [-0.39, 0.29) is 5.56 Å². The van der Waals surface area contributed by atoms with E-state index in [0.29, 0.717) is 12.2 Å². The number of nitrogens with one attached hydrogen (secondary N) is 1. The van der Waals surface area contributed by atoms with E-state index < -0.39 is 17.5 Å². The molecule has 4 nitrogen and oxygen atoms in total. The Bertz CT molecular complexity index is 922. The van der Waals surface area contributed by atoms with Gasteiger partial charge in [0.25, 0.3) is 5.91 Å². The molecule has 0 saturated carbocycles. The van der Waals surface area contributed by atoms with E-state index in [4.69, 9.17) is 4.74 Å². The number of carbonyl (C=O) groups excluding carboxylic acids is 1. The Hall–Kier alpha value is -3.54. The van der Waals surface area contributed by atoms with E-state index in [9.17, 15) is 13.6 Å². The van der Waals surface area contributed by atoms with Crippen LogP contribution in [-0.4, -0.2) is 12.1 Å². The smallest absolute Gasteiger partial charge is 0.271 e. The minimum Gasteiger partial charge on any atom is -0.489 e. The lowest BCUT2D eigenvalue weighted by molar-refractivity contribution is 0.0955. The van der Waals surface area contributed by atoms with Crippen LogP contribution in [0.3, 0.4) is 0 Å². The van der Waals surface area contributed by atoms with E-state index in [2.05, 4.69) is 10.5 Å². The SMILES string of the molecule is O=C(N/N=C\c1c(F)cccc1F)c1ccc(COc2ccccc2)cc1. The van der Waals surface area contributed by atoms with E-state index >= 15 is 0 Å². The highest BCUT2D eigenvalue weighted by Crippen LogP contribution is 2.12. The minimum absolute atomic E-state index is 0.314. The van der Waals surface area contributed by atoms with Crippen molar-refractivity contribution in [3.63, 3.8) is 0 Å². The Morgan fingerprint density at radius 2 is 1.59 bits per heavy atom. The number of nitrogens with zero attached hydrogens (tertiary/aromatic N) is 1. The highest BCUT2D eigenvalue weighted by molar-refractivity contribution is 5.94. The number of halogens is 2. The van der Waals surface area contributed by atoms with E-state index in [1.165, 1.54) is 6.07 Å². The predicted octanol–water partition coefficient (Wildman–Crippen LogP) is 4.31. The summed E-state index contributed by atoms with van der Waals surface area (Å²) in [6, 6.07) is 19.6. The molecule has 0 aromatic heterocycles. The molecule has 0 unspecified atom stereocenters. The van der Waals surface area contributed by atoms with Crippen LogP contribution in [0.1, 0.15) is 21.5 Å². The van der Waals surface area contributed by atoms with Gasteiger partial charge in [0.2, 0.25) is 0 Å². The van der Waals surface area contributed by atoms with Gasteiger partial charge in [-0.1, -0.05) is 36.4 Å². The fraction of sp³-hybridized carbons (Fsp3) is 0.0476. The van der Waals surface area contributed by atoms with Gasteiger partial charge < -0.3 is 4.74 Å². The van der Waals surface area contributed by atoms with Crippen LogP contribution in [0.25, 0.3) is 0 Å². The van der Waals surface area contributed by atoms with Gasteiger partial charge in [-0.15, -0.1) is 0 Å². The topological polar surface area (TPSA) is 50.7 Å². The van der Waals surface area contributed by atoms with Crippen LogP contribution < -0.4 is 10.2 Å². The van der Waals surface area contributed by atoms with Gasteiger partial charge in [0, 0.05) is 5.56 Å². The van der Waals surface area contributed by atoms with Gasteiger partial charge in [0.15, 0.2) is 0 Å². The maximum absolute atomic E-state index is 13.5. The lowest BCUT2D eigenvalue weighted by Crippen LogP contribution is -2.17. The second-order valence-corrected chi connectivity index (χ2v) is 5.63. The normalized spacial score (nSPS) is 10.7. The zero-order valence-electron chi connectivity index (χ0n) is 14.2. The average molecular weight is 366 g/mol. The van der Waals surface area contributed by atoms with Crippen molar-refractivity contribution in [2.45, 2.75) is 6.61 Å². The predicted molar refractivity (Wildman–Crippen MR) is 98.6 cm³/mol. The number of hydrazone groups is 1. The molecule has 0 atom stereocenters. The quantitative estimate of drug-likeness (QED) is 0.522. The number of amides is 1. The first kappa shape index (κ1) is 18.3. The molecule has 3 aromatic rings. The van der Waals surface area contributed by atoms with Gasteiger partial charge in [0.1, 0.15) is 24.0 Å². The zero-order valence-corrected chi connectivity index (χ0v) is 14.2. The van der Waals surface area contributed by atoms with Gasteiger partial charge >= 0.3 is 0 Å². The Morgan fingerprint density at radius 3 is 2.26 bits per heavy atom. The number of ether oxygens (including phenoxy) is 1. The van der Waals surface area contributed by atoms with E-state index in [0.717, 1.165) is 29.7 Å². The molecule has 0 aliphatic heterocycles. The molecule has 27 heavy (non-hydrogen) atoms. The maximum Gasteiger partial charge on any atom is 0.271 e. The van der Waals surface area contributed by atoms with Crippen molar-refractivity contribution in [2.75, 3.05) is 0 Å². The van der Waals surface area contributed by atoms with Crippen LogP contribution in [0, 0.1) is 11.6 Å². The van der Waals surface area contributed by atoms with Crippen molar-refractivity contribution in [3.05, 3.63) is 101 Å². The molecule has 1 amide bonds. The molecule has 6 heteroatoms. The zero-order chi connectivity index (χ0) is 19.1. The molecule has 3 aromatic carbocycles. The standard InChI is InChI=1S/C21H16F2N2O2/c22-19-7-4-8-20(23)18(19)13-24-25-21(26)16-11-9-15(10-12-16)14-27-17-5-2-1-3-6-17/h1-13H,14H2,(H,25,26)/b24-13-. The van der Waals surface area contributed by atoms with Crippen molar-refractivity contribution in [1.82, 2.24) is 5.43 Å². The van der Waals surface area contributed by atoms with Gasteiger partial charge in [-0.05, 0) is 42.0 Å². The van der Waals surface area contributed by atoms with Crippen molar-refractivity contribution in [2.24, 2.45) is 5.10 Å². The van der Waals surface area contributed by atoms with Crippen LogP contribution in [0.2, 0.25) is 0 Å². The second-order valence-electron chi connectivity index (χ2n) is 5.63. The summed E-state index contributed by atoms with van der Waals surface area (Å²) in [7, 11) is 0.